The van der Waals surface area contributed by atoms with Gasteiger partial charge in [-0.05, 0) is 61.9 Å². The molecular formula is C30H39N5O4. The van der Waals surface area contributed by atoms with Crippen LogP contribution in [0.3, 0.4) is 0 Å². The Morgan fingerprint density at radius 3 is 2.51 bits per heavy atom. The second kappa shape index (κ2) is 12.6. The third-order valence-corrected chi connectivity index (χ3v) is 7.80. The molecule has 5 rings (SSSR count). The van der Waals surface area contributed by atoms with Crippen LogP contribution in [0, 0.1) is 0 Å². The van der Waals surface area contributed by atoms with Crippen LogP contribution < -0.4 is 15.0 Å². The first-order valence-electron chi connectivity index (χ1n) is 14.1. The molecule has 3 fully saturated rings. The zero-order chi connectivity index (χ0) is 27.2. The van der Waals surface area contributed by atoms with E-state index in [4.69, 9.17) is 4.74 Å². The molecule has 3 heterocycles. The van der Waals surface area contributed by atoms with Gasteiger partial charge in [-0.3, -0.25) is 19.3 Å². The van der Waals surface area contributed by atoms with Crippen LogP contribution >= 0.6 is 0 Å². The lowest BCUT2D eigenvalue weighted by atomic mass is 10.1. The number of rotatable bonds is 10. The summed E-state index contributed by atoms with van der Waals surface area (Å²) in [7, 11) is 2.08. The van der Waals surface area contributed by atoms with Gasteiger partial charge in [0.1, 0.15) is 12.4 Å². The van der Waals surface area contributed by atoms with Gasteiger partial charge in [0.15, 0.2) is 0 Å². The van der Waals surface area contributed by atoms with E-state index in [1.165, 1.54) is 5.56 Å². The van der Waals surface area contributed by atoms with E-state index in [0.717, 1.165) is 63.5 Å². The van der Waals surface area contributed by atoms with Crippen molar-refractivity contribution in [3.8, 4) is 5.75 Å². The first-order chi connectivity index (χ1) is 18.9. The molecule has 39 heavy (non-hydrogen) atoms. The highest BCUT2D eigenvalue weighted by Crippen LogP contribution is 2.22. The maximum absolute atomic E-state index is 13.0. The summed E-state index contributed by atoms with van der Waals surface area (Å²) in [4.78, 5) is 44.7. The maximum atomic E-state index is 13.0. The maximum Gasteiger partial charge on any atom is 0.253 e. The summed E-state index contributed by atoms with van der Waals surface area (Å²) in [5.74, 6) is 1.21. The number of benzene rings is 2. The second-order valence-corrected chi connectivity index (χ2v) is 10.8. The zero-order valence-electron chi connectivity index (χ0n) is 22.8. The van der Waals surface area contributed by atoms with Gasteiger partial charge >= 0.3 is 0 Å². The molecule has 2 aromatic rings. The standard InChI is InChI=1S/C30H39N5O4/c1-32(22-25-9-12-28(36)31-25)21-23-4-2-5-27(20-23)39-19-18-33-14-16-34(17-15-33)30(38)24-7-10-26(11-8-24)35-13-3-6-29(35)37/h2,4-5,7-8,10-11,20,25H,3,6,9,12-19,21-22H2,1H3,(H,31,36)/t25-/m1/s1. The number of nitrogens with zero attached hydrogens (tertiary/aromatic N) is 4. The first-order valence-corrected chi connectivity index (χ1v) is 14.1. The Morgan fingerprint density at radius 1 is 1.03 bits per heavy atom. The number of nitrogens with one attached hydrogen (secondary N) is 1. The van der Waals surface area contributed by atoms with Gasteiger partial charge < -0.3 is 24.8 Å². The molecule has 1 N–H and O–H groups in total. The lowest BCUT2D eigenvalue weighted by molar-refractivity contribution is -0.119. The molecule has 3 aliphatic heterocycles. The molecule has 9 heteroatoms. The molecule has 3 aliphatic rings. The molecule has 1 atom stereocenters. The van der Waals surface area contributed by atoms with Crippen LogP contribution in [0.1, 0.15) is 41.6 Å². The van der Waals surface area contributed by atoms with E-state index in [2.05, 4.69) is 34.3 Å². The van der Waals surface area contributed by atoms with E-state index in [1.807, 2.05) is 41.3 Å². The molecule has 9 nitrogen and oxygen atoms in total. The zero-order valence-corrected chi connectivity index (χ0v) is 22.8. The Kier molecular flexibility index (Phi) is 8.78. The largest absolute Gasteiger partial charge is 0.492 e. The highest BCUT2D eigenvalue weighted by molar-refractivity contribution is 5.97. The molecule has 0 bridgehead atoms. The highest BCUT2D eigenvalue weighted by atomic mass is 16.5. The van der Waals surface area contributed by atoms with E-state index >= 15 is 0 Å². The molecule has 3 amide bonds. The van der Waals surface area contributed by atoms with Crippen molar-refractivity contribution in [3.63, 3.8) is 0 Å². The van der Waals surface area contributed by atoms with Crippen LogP contribution in [0.5, 0.6) is 5.75 Å². The van der Waals surface area contributed by atoms with Gasteiger partial charge in [0.25, 0.3) is 5.91 Å². The lowest BCUT2D eigenvalue weighted by Crippen LogP contribution is -2.49. The molecule has 0 spiro atoms. The minimum absolute atomic E-state index is 0.0438. The predicted octanol–water partition coefficient (Wildman–Crippen LogP) is 2.36. The van der Waals surface area contributed by atoms with Crippen LogP contribution in [0.15, 0.2) is 48.5 Å². The molecule has 0 radical (unpaired) electrons. The predicted molar refractivity (Wildman–Crippen MR) is 150 cm³/mol. The van der Waals surface area contributed by atoms with Crippen molar-refractivity contribution >= 4 is 23.4 Å². The summed E-state index contributed by atoms with van der Waals surface area (Å²) >= 11 is 0. The fraction of sp³-hybridized carbons (Fsp3) is 0.500. The van der Waals surface area contributed by atoms with Crippen molar-refractivity contribution in [2.75, 3.05) is 64.4 Å². The SMILES string of the molecule is CN(Cc1cccc(OCCN2CCN(C(=O)c3ccc(N4CCCC4=O)cc3)CC2)c1)C[C@H]1CCC(=O)N1. The van der Waals surface area contributed by atoms with Gasteiger partial charge in [0, 0.05) is 82.5 Å². The number of hydrogen-bond acceptors (Lipinski definition) is 6. The molecule has 208 valence electrons. The number of carbonyl (C=O) groups is 3. The summed E-state index contributed by atoms with van der Waals surface area (Å²) in [5, 5.41) is 3.03. The van der Waals surface area contributed by atoms with Gasteiger partial charge in [-0.2, -0.15) is 0 Å². The number of hydrogen-bond donors (Lipinski definition) is 1. The Balaban J connectivity index is 1.02. The number of ether oxygens (including phenoxy) is 1. The average molecular weight is 534 g/mol. The Hall–Kier alpha value is -3.43. The number of carbonyl (C=O) groups excluding carboxylic acids is 3. The molecule has 0 saturated carbocycles. The number of piperazine rings is 1. The van der Waals surface area contributed by atoms with Crippen molar-refractivity contribution in [2.24, 2.45) is 0 Å². The van der Waals surface area contributed by atoms with Crippen LogP contribution in [0.4, 0.5) is 5.69 Å². The van der Waals surface area contributed by atoms with Gasteiger partial charge in [0.05, 0.1) is 0 Å². The normalized spacial score (nSPS) is 20.1. The topological polar surface area (TPSA) is 85.4 Å². The van der Waals surface area contributed by atoms with Crippen molar-refractivity contribution in [3.05, 3.63) is 59.7 Å². The number of anilines is 1. The fourth-order valence-corrected chi connectivity index (χ4v) is 5.66. The van der Waals surface area contributed by atoms with Crippen LogP contribution in [0.2, 0.25) is 0 Å². The van der Waals surface area contributed by atoms with Crippen LogP contribution in [-0.2, 0) is 16.1 Å². The van der Waals surface area contributed by atoms with Crippen molar-refractivity contribution in [1.29, 1.82) is 0 Å². The molecular weight excluding hydrogens is 494 g/mol. The van der Waals surface area contributed by atoms with Gasteiger partial charge in [-0.1, -0.05) is 12.1 Å². The average Bonchev–Trinajstić information content (AvgIpc) is 3.56. The minimum atomic E-state index is 0.0438. The highest BCUT2D eigenvalue weighted by Gasteiger charge is 2.25. The van der Waals surface area contributed by atoms with Gasteiger partial charge in [-0.15, -0.1) is 0 Å². The lowest BCUT2D eigenvalue weighted by Gasteiger charge is -2.34. The second-order valence-electron chi connectivity index (χ2n) is 10.8. The van der Waals surface area contributed by atoms with Gasteiger partial charge in [-0.25, -0.2) is 0 Å². The summed E-state index contributed by atoms with van der Waals surface area (Å²) in [5.41, 5.74) is 2.72. The Bertz CT molecular complexity index is 1160. The minimum Gasteiger partial charge on any atom is -0.492 e. The Labute approximate surface area is 230 Å². The number of amides is 3. The molecule has 2 aromatic carbocycles. The van der Waals surface area contributed by atoms with E-state index in [1.54, 1.807) is 4.90 Å². The monoisotopic (exact) mass is 533 g/mol. The van der Waals surface area contributed by atoms with Crippen molar-refractivity contribution < 1.29 is 19.1 Å². The Morgan fingerprint density at radius 2 is 1.82 bits per heavy atom. The molecule has 0 aromatic heterocycles. The third kappa shape index (κ3) is 7.16. The van der Waals surface area contributed by atoms with Crippen molar-refractivity contribution in [1.82, 2.24) is 20.0 Å². The summed E-state index contributed by atoms with van der Waals surface area (Å²) in [6.45, 7) is 6.82. The van der Waals surface area contributed by atoms with E-state index in [9.17, 15) is 14.4 Å². The van der Waals surface area contributed by atoms with E-state index in [0.29, 0.717) is 38.1 Å². The van der Waals surface area contributed by atoms with E-state index in [-0.39, 0.29) is 23.8 Å². The molecule has 0 aliphatic carbocycles. The van der Waals surface area contributed by atoms with Crippen molar-refractivity contribution in [2.45, 2.75) is 38.3 Å². The molecule has 0 unspecified atom stereocenters. The van der Waals surface area contributed by atoms with Gasteiger partial charge in [0.2, 0.25) is 11.8 Å². The molecule has 3 saturated heterocycles. The van der Waals surface area contributed by atoms with E-state index < -0.39 is 0 Å². The fourth-order valence-electron chi connectivity index (χ4n) is 5.66. The van der Waals surface area contributed by atoms with Crippen LogP contribution in [0.25, 0.3) is 0 Å². The third-order valence-electron chi connectivity index (χ3n) is 7.80. The summed E-state index contributed by atoms with van der Waals surface area (Å²) < 4.78 is 6.06. The smallest absolute Gasteiger partial charge is 0.253 e. The van der Waals surface area contributed by atoms with Crippen LogP contribution in [-0.4, -0.2) is 97.9 Å². The summed E-state index contributed by atoms with van der Waals surface area (Å²) in [6, 6.07) is 15.9. The first kappa shape index (κ1) is 27.1. The number of likely N-dealkylation sites (N-methyl/N-ethyl adjacent to an activating group) is 1. The quantitative estimate of drug-likeness (QED) is 0.505. The summed E-state index contributed by atoms with van der Waals surface area (Å²) in [6.07, 6.45) is 3.03.